The summed E-state index contributed by atoms with van der Waals surface area (Å²) < 4.78 is 0. The minimum Gasteiger partial charge on any atom is -0.271 e. The van der Waals surface area contributed by atoms with Gasteiger partial charge in [0.15, 0.2) is 0 Å². The summed E-state index contributed by atoms with van der Waals surface area (Å²) in [5.41, 5.74) is 5.46. The number of rotatable bonds is 4. The van der Waals surface area contributed by atoms with Gasteiger partial charge in [0.05, 0.1) is 0 Å². The number of benzene rings is 1. The Balaban J connectivity index is 2.58. The Morgan fingerprint density at radius 2 is 1.77 bits per heavy atom. The van der Waals surface area contributed by atoms with Gasteiger partial charge in [-0.2, -0.15) is 0 Å². The molecule has 1 aromatic carbocycles. The van der Waals surface area contributed by atoms with Crippen molar-refractivity contribution in [3.8, 4) is 0 Å². The van der Waals surface area contributed by atoms with Crippen molar-refractivity contribution in [1.82, 2.24) is 5.43 Å². The van der Waals surface area contributed by atoms with Gasteiger partial charge in [0.2, 0.25) is 0 Å². The van der Waals surface area contributed by atoms with Crippen LogP contribution in [0, 0.1) is 0 Å². The predicted octanol–water partition coefficient (Wildman–Crippen LogP) is 1.64. The molecule has 0 spiro atoms. The number of nitrogens with one attached hydrogen (secondary N) is 1. The Bertz CT molecular complexity index is 241. The van der Waals surface area contributed by atoms with E-state index in [4.69, 9.17) is 5.84 Å². The summed E-state index contributed by atoms with van der Waals surface area (Å²) >= 11 is 0. The summed E-state index contributed by atoms with van der Waals surface area (Å²) in [5, 5.41) is 0. The number of aryl methyl sites for hydroxylation is 1. The number of hydrogen-bond acceptors (Lipinski definition) is 2. The van der Waals surface area contributed by atoms with Crippen molar-refractivity contribution in [1.29, 1.82) is 0 Å². The minimum atomic E-state index is 0.340. The highest BCUT2D eigenvalue weighted by Crippen LogP contribution is 2.06. The molecule has 0 saturated carbocycles. The molecule has 72 valence electrons. The standard InChI is InChI=1S/C11H18N2/c1-3-10-4-6-11(7-5-10)8-9(2)13-12/h4-7,9,13H,3,8,12H2,1-2H3/t9-/m1/s1. The SMILES string of the molecule is CCc1ccc(C[C@@H](C)NN)cc1. The summed E-state index contributed by atoms with van der Waals surface area (Å²) in [6.07, 6.45) is 2.09. The highest BCUT2D eigenvalue weighted by molar-refractivity contribution is 5.22. The lowest BCUT2D eigenvalue weighted by atomic mass is 10.0. The van der Waals surface area contributed by atoms with Crippen LogP contribution in [0.4, 0.5) is 0 Å². The van der Waals surface area contributed by atoms with Gasteiger partial charge in [-0.05, 0) is 30.9 Å². The molecule has 0 aromatic heterocycles. The lowest BCUT2D eigenvalue weighted by Gasteiger charge is -2.09. The van der Waals surface area contributed by atoms with Gasteiger partial charge in [-0.3, -0.25) is 11.3 Å². The van der Waals surface area contributed by atoms with Gasteiger partial charge in [0, 0.05) is 6.04 Å². The van der Waals surface area contributed by atoms with Crippen LogP contribution in [-0.2, 0) is 12.8 Å². The zero-order valence-electron chi connectivity index (χ0n) is 8.38. The van der Waals surface area contributed by atoms with Gasteiger partial charge in [-0.25, -0.2) is 0 Å². The predicted molar refractivity (Wildman–Crippen MR) is 56.3 cm³/mol. The van der Waals surface area contributed by atoms with Crippen molar-refractivity contribution in [3.05, 3.63) is 35.4 Å². The molecule has 1 atom stereocenters. The van der Waals surface area contributed by atoms with Gasteiger partial charge < -0.3 is 0 Å². The minimum absolute atomic E-state index is 0.340. The smallest absolute Gasteiger partial charge is 0.0222 e. The van der Waals surface area contributed by atoms with Gasteiger partial charge >= 0.3 is 0 Å². The van der Waals surface area contributed by atoms with Crippen LogP contribution >= 0.6 is 0 Å². The molecular weight excluding hydrogens is 160 g/mol. The number of nitrogens with two attached hydrogens (primary N) is 1. The van der Waals surface area contributed by atoms with Crippen LogP contribution in [0.1, 0.15) is 25.0 Å². The van der Waals surface area contributed by atoms with E-state index in [1.54, 1.807) is 0 Å². The molecule has 0 amide bonds. The maximum atomic E-state index is 5.33. The summed E-state index contributed by atoms with van der Waals surface area (Å²) in [4.78, 5) is 0. The molecule has 0 fully saturated rings. The molecule has 0 aliphatic heterocycles. The molecule has 0 aliphatic rings. The van der Waals surface area contributed by atoms with Gasteiger partial charge in [0.25, 0.3) is 0 Å². The van der Waals surface area contributed by atoms with E-state index in [1.807, 2.05) is 0 Å². The van der Waals surface area contributed by atoms with Crippen LogP contribution in [0.25, 0.3) is 0 Å². The van der Waals surface area contributed by atoms with Gasteiger partial charge in [-0.15, -0.1) is 0 Å². The molecule has 13 heavy (non-hydrogen) atoms. The monoisotopic (exact) mass is 178 g/mol. The molecule has 3 N–H and O–H groups in total. The van der Waals surface area contributed by atoms with Crippen molar-refractivity contribution in [2.24, 2.45) is 5.84 Å². The van der Waals surface area contributed by atoms with Crippen LogP contribution in [0.3, 0.4) is 0 Å². The lowest BCUT2D eigenvalue weighted by Crippen LogP contribution is -2.34. The van der Waals surface area contributed by atoms with Crippen LogP contribution in [0.15, 0.2) is 24.3 Å². The van der Waals surface area contributed by atoms with Crippen LogP contribution < -0.4 is 11.3 Å². The van der Waals surface area contributed by atoms with E-state index in [-0.39, 0.29) is 0 Å². The summed E-state index contributed by atoms with van der Waals surface area (Å²) in [7, 11) is 0. The Morgan fingerprint density at radius 1 is 1.23 bits per heavy atom. The normalized spacial score (nSPS) is 12.8. The molecular formula is C11H18N2. The maximum absolute atomic E-state index is 5.33. The van der Waals surface area contributed by atoms with Crippen molar-refractivity contribution >= 4 is 0 Å². The van der Waals surface area contributed by atoms with E-state index in [0.29, 0.717) is 6.04 Å². The molecule has 0 unspecified atom stereocenters. The summed E-state index contributed by atoms with van der Waals surface area (Å²) in [6.45, 7) is 4.24. The molecule has 0 bridgehead atoms. The van der Waals surface area contributed by atoms with Gasteiger partial charge in [0.1, 0.15) is 0 Å². The molecule has 2 heteroatoms. The van der Waals surface area contributed by atoms with Crippen molar-refractivity contribution in [3.63, 3.8) is 0 Å². The van der Waals surface area contributed by atoms with E-state index in [1.165, 1.54) is 11.1 Å². The van der Waals surface area contributed by atoms with E-state index >= 15 is 0 Å². The van der Waals surface area contributed by atoms with Crippen LogP contribution in [0.5, 0.6) is 0 Å². The average Bonchev–Trinajstić information content (AvgIpc) is 2.19. The second kappa shape index (κ2) is 5.00. The average molecular weight is 178 g/mol. The third kappa shape index (κ3) is 3.17. The molecule has 0 saturated heterocycles. The molecule has 1 aromatic rings. The number of hydrazine groups is 1. The van der Waals surface area contributed by atoms with Crippen molar-refractivity contribution < 1.29 is 0 Å². The largest absolute Gasteiger partial charge is 0.271 e. The fourth-order valence-corrected chi connectivity index (χ4v) is 1.32. The third-order valence-corrected chi connectivity index (χ3v) is 2.26. The first kappa shape index (κ1) is 10.2. The van der Waals surface area contributed by atoms with E-state index in [9.17, 15) is 0 Å². The Morgan fingerprint density at radius 3 is 2.23 bits per heavy atom. The quantitative estimate of drug-likeness (QED) is 0.543. The lowest BCUT2D eigenvalue weighted by molar-refractivity contribution is 0.568. The first-order valence-corrected chi connectivity index (χ1v) is 4.80. The van der Waals surface area contributed by atoms with Crippen molar-refractivity contribution in [2.75, 3.05) is 0 Å². The molecule has 1 rings (SSSR count). The Kier molecular flexibility index (Phi) is 3.93. The second-order valence-electron chi connectivity index (χ2n) is 3.44. The zero-order chi connectivity index (χ0) is 9.68. The van der Waals surface area contributed by atoms with E-state index in [2.05, 4.69) is 43.5 Å². The summed E-state index contributed by atoms with van der Waals surface area (Å²) in [6, 6.07) is 9.05. The maximum Gasteiger partial charge on any atom is 0.0222 e. The second-order valence-corrected chi connectivity index (χ2v) is 3.44. The molecule has 2 nitrogen and oxygen atoms in total. The van der Waals surface area contributed by atoms with E-state index < -0.39 is 0 Å². The summed E-state index contributed by atoms with van der Waals surface area (Å²) in [5.74, 6) is 5.33. The molecule has 0 radical (unpaired) electrons. The first-order chi connectivity index (χ1) is 6.26. The fraction of sp³-hybridized carbons (Fsp3) is 0.455. The Labute approximate surface area is 80.1 Å². The highest BCUT2D eigenvalue weighted by atomic mass is 15.2. The topological polar surface area (TPSA) is 38.0 Å². The van der Waals surface area contributed by atoms with E-state index in [0.717, 1.165) is 12.8 Å². The molecule has 0 heterocycles. The number of hydrogen-bond donors (Lipinski definition) is 2. The third-order valence-electron chi connectivity index (χ3n) is 2.26. The zero-order valence-corrected chi connectivity index (χ0v) is 8.38. The van der Waals surface area contributed by atoms with Crippen molar-refractivity contribution in [2.45, 2.75) is 32.7 Å². The molecule has 0 aliphatic carbocycles. The van der Waals surface area contributed by atoms with Gasteiger partial charge in [-0.1, -0.05) is 31.2 Å². The fourth-order valence-electron chi connectivity index (χ4n) is 1.32. The highest BCUT2D eigenvalue weighted by Gasteiger charge is 1.99. The van der Waals surface area contributed by atoms with Crippen LogP contribution in [0.2, 0.25) is 0 Å². The van der Waals surface area contributed by atoms with Crippen LogP contribution in [-0.4, -0.2) is 6.04 Å². The first-order valence-electron chi connectivity index (χ1n) is 4.80. The Hall–Kier alpha value is -0.860.